The summed E-state index contributed by atoms with van der Waals surface area (Å²) in [6, 6.07) is 21.6. The fraction of sp³-hybridized carbons (Fsp3) is 0.0909. The Hall–Kier alpha value is -2.80. The van der Waals surface area contributed by atoms with E-state index in [1.165, 1.54) is 43.8 Å². The number of benzene rings is 4. The molecule has 5 rings (SSSR count). The maximum absolute atomic E-state index is 6.21. The lowest BCUT2D eigenvalue weighted by molar-refractivity contribution is 0.487. The minimum atomic E-state index is 0.949. The van der Waals surface area contributed by atoms with E-state index in [9.17, 15) is 0 Å². The maximum Gasteiger partial charge on any atom is 0.135 e. The molecule has 0 saturated carbocycles. The van der Waals surface area contributed by atoms with Gasteiger partial charge >= 0.3 is 0 Å². The van der Waals surface area contributed by atoms with Crippen LogP contribution in [0.25, 0.3) is 32.7 Å². The van der Waals surface area contributed by atoms with Gasteiger partial charge in [0, 0.05) is 16.5 Å². The molecule has 0 unspecified atom stereocenters. The van der Waals surface area contributed by atoms with Crippen LogP contribution < -0.4 is 4.74 Å². The Morgan fingerprint density at radius 3 is 2.48 bits per heavy atom. The van der Waals surface area contributed by atoms with Crippen molar-refractivity contribution >= 4 is 21.5 Å². The van der Waals surface area contributed by atoms with Crippen molar-refractivity contribution in [2.24, 2.45) is 0 Å². The van der Waals surface area contributed by atoms with Gasteiger partial charge in [0.1, 0.15) is 11.5 Å². The van der Waals surface area contributed by atoms with Crippen LogP contribution in [0.4, 0.5) is 0 Å². The first kappa shape index (κ1) is 12.7. The standard InChI is InChI=1S/C22H16O/c1-13-7-9-19-18(11-13)21-16-6-4-3-5-15(16)12-17-14(2)8-10-20(23-19)22(17)21/h3-12H,1-2H3. The van der Waals surface area contributed by atoms with E-state index in [2.05, 4.69) is 74.5 Å². The molecule has 0 fully saturated rings. The third-order valence-electron chi connectivity index (χ3n) is 4.83. The summed E-state index contributed by atoms with van der Waals surface area (Å²) in [5.41, 5.74) is 5.05. The Kier molecular flexibility index (Phi) is 2.41. The molecule has 0 aliphatic carbocycles. The van der Waals surface area contributed by atoms with Gasteiger partial charge in [0.05, 0.1) is 0 Å². The summed E-state index contributed by atoms with van der Waals surface area (Å²) < 4.78 is 6.21. The van der Waals surface area contributed by atoms with Crippen LogP contribution in [-0.2, 0) is 0 Å². The second-order valence-corrected chi connectivity index (χ2v) is 6.38. The van der Waals surface area contributed by atoms with Crippen LogP contribution in [-0.4, -0.2) is 0 Å². The molecule has 0 N–H and O–H groups in total. The van der Waals surface area contributed by atoms with Crippen molar-refractivity contribution in [1.82, 2.24) is 0 Å². The smallest absolute Gasteiger partial charge is 0.135 e. The second kappa shape index (κ2) is 4.36. The van der Waals surface area contributed by atoms with E-state index in [1.54, 1.807) is 0 Å². The molecule has 0 saturated heterocycles. The molecule has 0 amide bonds. The number of aryl methyl sites for hydroxylation is 2. The van der Waals surface area contributed by atoms with Crippen molar-refractivity contribution < 1.29 is 4.74 Å². The van der Waals surface area contributed by atoms with Crippen molar-refractivity contribution in [2.75, 3.05) is 0 Å². The summed E-state index contributed by atoms with van der Waals surface area (Å²) in [5, 5.41) is 5.09. The molecule has 110 valence electrons. The zero-order valence-corrected chi connectivity index (χ0v) is 13.2. The van der Waals surface area contributed by atoms with Gasteiger partial charge in [-0.25, -0.2) is 0 Å². The molecule has 4 aromatic carbocycles. The van der Waals surface area contributed by atoms with Gasteiger partial charge in [0.2, 0.25) is 0 Å². The van der Waals surface area contributed by atoms with Crippen LogP contribution in [0.5, 0.6) is 11.5 Å². The lowest BCUT2D eigenvalue weighted by atomic mass is 9.88. The van der Waals surface area contributed by atoms with Crippen LogP contribution in [0.2, 0.25) is 0 Å². The summed E-state index contributed by atoms with van der Waals surface area (Å²) in [5.74, 6) is 1.91. The average Bonchev–Trinajstić information content (AvgIpc) is 2.57. The largest absolute Gasteiger partial charge is 0.456 e. The summed E-state index contributed by atoms with van der Waals surface area (Å²) in [7, 11) is 0. The van der Waals surface area contributed by atoms with E-state index in [-0.39, 0.29) is 0 Å². The van der Waals surface area contributed by atoms with Crippen molar-refractivity contribution in [3.8, 4) is 22.6 Å². The van der Waals surface area contributed by atoms with Crippen molar-refractivity contribution in [3.05, 3.63) is 71.8 Å². The first-order valence-electron chi connectivity index (χ1n) is 7.96. The number of hydrogen-bond donors (Lipinski definition) is 0. The van der Waals surface area contributed by atoms with Gasteiger partial charge in [-0.3, -0.25) is 0 Å². The van der Waals surface area contributed by atoms with E-state index < -0.39 is 0 Å². The molecule has 0 atom stereocenters. The average molecular weight is 296 g/mol. The zero-order chi connectivity index (χ0) is 15.6. The van der Waals surface area contributed by atoms with Crippen molar-refractivity contribution in [1.29, 1.82) is 0 Å². The molecule has 0 aromatic heterocycles. The van der Waals surface area contributed by atoms with Crippen molar-refractivity contribution in [2.45, 2.75) is 13.8 Å². The molecule has 1 aliphatic rings. The molecule has 1 heterocycles. The number of hydrogen-bond acceptors (Lipinski definition) is 1. The van der Waals surface area contributed by atoms with E-state index in [0.717, 1.165) is 11.5 Å². The predicted molar refractivity (Wildman–Crippen MR) is 96.4 cm³/mol. The maximum atomic E-state index is 6.21. The monoisotopic (exact) mass is 296 g/mol. The minimum absolute atomic E-state index is 0.949. The van der Waals surface area contributed by atoms with Gasteiger partial charge in [-0.2, -0.15) is 0 Å². The van der Waals surface area contributed by atoms with Gasteiger partial charge in [-0.05, 0) is 59.8 Å². The lowest BCUT2D eigenvalue weighted by Gasteiger charge is -2.24. The molecular weight excluding hydrogens is 280 g/mol. The molecular formula is C22H16O. The van der Waals surface area contributed by atoms with E-state index in [4.69, 9.17) is 4.74 Å². The molecule has 1 nitrogen and oxygen atoms in total. The Bertz CT molecular complexity index is 1110. The normalized spacial score (nSPS) is 12.3. The molecule has 23 heavy (non-hydrogen) atoms. The molecule has 1 aliphatic heterocycles. The molecule has 0 spiro atoms. The summed E-state index contributed by atoms with van der Waals surface area (Å²) in [6.45, 7) is 4.30. The van der Waals surface area contributed by atoms with Crippen LogP contribution in [0.1, 0.15) is 11.1 Å². The molecule has 4 aromatic rings. The highest BCUT2D eigenvalue weighted by atomic mass is 16.5. The summed E-state index contributed by atoms with van der Waals surface area (Å²) in [4.78, 5) is 0. The fourth-order valence-corrected chi connectivity index (χ4v) is 3.70. The Morgan fingerprint density at radius 1 is 0.739 bits per heavy atom. The third-order valence-corrected chi connectivity index (χ3v) is 4.83. The Morgan fingerprint density at radius 2 is 1.57 bits per heavy atom. The number of ether oxygens (including phenoxy) is 1. The number of rotatable bonds is 0. The van der Waals surface area contributed by atoms with E-state index in [1.807, 2.05) is 0 Å². The van der Waals surface area contributed by atoms with Crippen LogP contribution in [0, 0.1) is 13.8 Å². The highest BCUT2D eigenvalue weighted by Crippen LogP contribution is 2.50. The Labute approximate surface area is 135 Å². The predicted octanol–water partition coefficient (Wildman–Crippen LogP) is 6.38. The highest BCUT2D eigenvalue weighted by Gasteiger charge is 2.23. The molecule has 0 bridgehead atoms. The second-order valence-electron chi connectivity index (χ2n) is 6.38. The molecule has 0 radical (unpaired) electrons. The van der Waals surface area contributed by atoms with Gasteiger partial charge in [0.15, 0.2) is 0 Å². The van der Waals surface area contributed by atoms with Crippen LogP contribution in [0.3, 0.4) is 0 Å². The topological polar surface area (TPSA) is 9.23 Å². The summed E-state index contributed by atoms with van der Waals surface area (Å²) >= 11 is 0. The lowest BCUT2D eigenvalue weighted by Crippen LogP contribution is -1.99. The SMILES string of the molecule is Cc1ccc2c(c1)-c1c3ccccc3cc3c(C)ccc(c13)O2. The Balaban J connectivity index is 2.10. The van der Waals surface area contributed by atoms with Gasteiger partial charge in [-0.15, -0.1) is 0 Å². The zero-order valence-electron chi connectivity index (χ0n) is 13.2. The van der Waals surface area contributed by atoms with E-state index in [0.29, 0.717) is 0 Å². The van der Waals surface area contributed by atoms with E-state index >= 15 is 0 Å². The quantitative estimate of drug-likeness (QED) is 0.301. The summed E-state index contributed by atoms with van der Waals surface area (Å²) in [6.07, 6.45) is 0. The third kappa shape index (κ3) is 1.68. The number of fused-ring (bicyclic) bond motifs is 4. The fourth-order valence-electron chi connectivity index (χ4n) is 3.70. The first-order chi connectivity index (χ1) is 11.2. The van der Waals surface area contributed by atoms with Crippen LogP contribution in [0.15, 0.2) is 60.7 Å². The van der Waals surface area contributed by atoms with Gasteiger partial charge in [0.25, 0.3) is 0 Å². The highest BCUT2D eigenvalue weighted by molar-refractivity contribution is 6.17. The van der Waals surface area contributed by atoms with Crippen LogP contribution >= 0.6 is 0 Å². The van der Waals surface area contributed by atoms with Crippen molar-refractivity contribution in [3.63, 3.8) is 0 Å². The van der Waals surface area contributed by atoms with Gasteiger partial charge in [-0.1, -0.05) is 42.0 Å². The van der Waals surface area contributed by atoms with Gasteiger partial charge < -0.3 is 4.74 Å². The first-order valence-corrected chi connectivity index (χ1v) is 7.96. The molecule has 1 heteroatoms. The minimum Gasteiger partial charge on any atom is -0.456 e.